The first kappa shape index (κ1) is 13.4. The van der Waals surface area contributed by atoms with Gasteiger partial charge in [0.05, 0.1) is 0 Å². The molecule has 1 aliphatic heterocycles. The maximum absolute atomic E-state index is 11.8. The van der Waals surface area contributed by atoms with Crippen molar-refractivity contribution in [2.24, 2.45) is 0 Å². The highest BCUT2D eigenvalue weighted by atomic mass is 16.1. The molecule has 2 nitrogen and oxygen atoms in total. The highest BCUT2D eigenvalue weighted by molar-refractivity contribution is 6.07. The number of benzene rings is 1. The van der Waals surface area contributed by atoms with E-state index in [1.165, 1.54) is 16.8 Å². The molecule has 0 unspecified atom stereocenters. The van der Waals surface area contributed by atoms with Gasteiger partial charge in [-0.15, -0.1) is 0 Å². The lowest BCUT2D eigenvalue weighted by Gasteiger charge is -2.26. The third-order valence-electron chi connectivity index (χ3n) is 3.73. The lowest BCUT2D eigenvalue weighted by atomic mass is 9.93. The second-order valence-corrected chi connectivity index (χ2v) is 5.23. The van der Waals surface area contributed by atoms with Crippen LogP contribution in [0.3, 0.4) is 0 Å². The topological polar surface area (TPSA) is 20.3 Å². The van der Waals surface area contributed by atoms with Crippen LogP contribution in [-0.4, -0.2) is 12.8 Å². The van der Waals surface area contributed by atoms with E-state index >= 15 is 0 Å². The van der Waals surface area contributed by atoms with Crippen molar-refractivity contribution >= 4 is 17.0 Å². The van der Waals surface area contributed by atoms with Crippen LogP contribution in [0.4, 0.5) is 5.69 Å². The fourth-order valence-corrected chi connectivity index (χ4v) is 2.66. The van der Waals surface area contributed by atoms with Gasteiger partial charge >= 0.3 is 0 Å². The molecule has 1 heterocycles. The average molecular weight is 275 g/mol. The zero-order valence-corrected chi connectivity index (χ0v) is 12.2. The Morgan fingerprint density at radius 1 is 1.05 bits per heavy atom. The van der Waals surface area contributed by atoms with E-state index in [9.17, 15) is 4.79 Å². The zero-order chi connectivity index (χ0) is 14.8. The van der Waals surface area contributed by atoms with Gasteiger partial charge < -0.3 is 4.90 Å². The molecule has 0 atom stereocenters. The molecular formula is C19H17NO. The van der Waals surface area contributed by atoms with Crippen LogP contribution in [-0.2, 0) is 4.79 Å². The minimum Gasteiger partial charge on any atom is -0.350 e. The molecule has 3 rings (SSSR count). The number of nitrogens with zero attached hydrogens (tertiary/aromatic N) is 1. The third-order valence-corrected chi connectivity index (χ3v) is 3.73. The molecule has 0 aromatic heterocycles. The van der Waals surface area contributed by atoms with Crippen molar-refractivity contribution in [2.75, 3.05) is 11.9 Å². The van der Waals surface area contributed by atoms with Crippen LogP contribution in [0.1, 0.15) is 12.5 Å². The SMILES string of the molecule is CC1=CN(C)c2ccccc2/C1=C/C=C1\C=CC=CC1=O. The monoisotopic (exact) mass is 275 g/mol. The molecule has 2 heteroatoms. The van der Waals surface area contributed by atoms with E-state index in [1.807, 2.05) is 36.4 Å². The van der Waals surface area contributed by atoms with Crippen molar-refractivity contribution in [3.05, 3.63) is 83.6 Å². The summed E-state index contributed by atoms with van der Waals surface area (Å²) in [5.74, 6) is 0.0530. The number of para-hydroxylation sites is 1. The van der Waals surface area contributed by atoms with Gasteiger partial charge in [-0.1, -0.05) is 48.6 Å². The number of carbonyl (C=O) groups excluding carboxylic acids is 1. The third kappa shape index (κ3) is 2.52. The standard InChI is InChI=1S/C19H17NO/c1-14-13-20(2)18-9-5-4-8-17(18)16(14)12-11-15-7-3-6-10-19(15)21/h3-13H,1-2H3/b15-11+,16-12+. The van der Waals surface area contributed by atoms with E-state index in [0.717, 1.165) is 5.57 Å². The number of hydrogen-bond donors (Lipinski definition) is 0. The highest BCUT2D eigenvalue weighted by Gasteiger charge is 2.16. The van der Waals surface area contributed by atoms with Gasteiger partial charge in [0.15, 0.2) is 5.78 Å². The van der Waals surface area contributed by atoms with E-state index in [0.29, 0.717) is 5.57 Å². The van der Waals surface area contributed by atoms with E-state index in [4.69, 9.17) is 0 Å². The predicted molar refractivity (Wildman–Crippen MR) is 87.9 cm³/mol. The van der Waals surface area contributed by atoms with E-state index in [2.05, 4.69) is 37.2 Å². The maximum Gasteiger partial charge on any atom is 0.185 e. The molecular weight excluding hydrogens is 258 g/mol. The first-order valence-electron chi connectivity index (χ1n) is 6.99. The largest absolute Gasteiger partial charge is 0.350 e. The molecule has 0 saturated carbocycles. The summed E-state index contributed by atoms with van der Waals surface area (Å²) in [4.78, 5) is 13.9. The second-order valence-electron chi connectivity index (χ2n) is 5.23. The van der Waals surface area contributed by atoms with Gasteiger partial charge in [-0.2, -0.15) is 0 Å². The van der Waals surface area contributed by atoms with Crippen LogP contribution < -0.4 is 4.90 Å². The molecule has 0 spiro atoms. The fraction of sp³-hybridized carbons (Fsp3) is 0.105. The average Bonchev–Trinajstić information content (AvgIpc) is 2.49. The van der Waals surface area contributed by atoms with Crippen LogP contribution in [0.15, 0.2) is 78.1 Å². The molecule has 1 aliphatic carbocycles. The summed E-state index contributed by atoms with van der Waals surface area (Å²) in [6.45, 7) is 2.09. The molecule has 104 valence electrons. The molecule has 2 aliphatic rings. The van der Waals surface area contributed by atoms with E-state index in [-0.39, 0.29) is 5.78 Å². The molecule has 0 bridgehead atoms. The Balaban J connectivity index is 2.05. The van der Waals surface area contributed by atoms with Crippen LogP contribution in [0.25, 0.3) is 5.57 Å². The number of rotatable bonds is 1. The Hall–Kier alpha value is -2.61. The maximum atomic E-state index is 11.8. The number of allylic oxidation sites excluding steroid dienone is 9. The van der Waals surface area contributed by atoms with Crippen molar-refractivity contribution < 1.29 is 4.79 Å². The van der Waals surface area contributed by atoms with E-state index in [1.54, 1.807) is 12.2 Å². The quantitative estimate of drug-likeness (QED) is 0.721. The van der Waals surface area contributed by atoms with Crippen molar-refractivity contribution in [3.8, 4) is 0 Å². The van der Waals surface area contributed by atoms with Gasteiger partial charge in [-0.05, 0) is 30.2 Å². The molecule has 21 heavy (non-hydrogen) atoms. The first-order valence-corrected chi connectivity index (χ1v) is 6.99. The molecule has 1 aromatic carbocycles. The fourth-order valence-electron chi connectivity index (χ4n) is 2.66. The summed E-state index contributed by atoms with van der Waals surface area (Å²) in [5.41, 5.74) is 5.44. The predicted octanol–water partition coefficient (Wildman–Crippen LogP) is 4.05. The van der Waals surface area contributed by atoms with Crippen LogP contribution in [0, 0.1) is 0 Å². The molecule has 0 saturated heterocycles. The van der Waals surface area contributed by atoms with Crippen molar-refractivity contribution in [1.29, 1.82) is 0 Å². The Morgan fingerprint density at radius 3 is 2.62 bits per heavy atom. The summed E-state index contributed by atoms with van der Waals surface area (Å²) < 4.78 is 0. The number of carbonyl (C=O) groups is 1. The first-order chi connectivity index (χ1) is 10.2. The minimum absolute atomic E-state index is 0.0530. The van der Waals surface area contributed by atoms with Gasteiger partial charge in [-0.3, -0.25) is 4.79 Å². The lowest BCUT2D eigenvalue weighted by molar-refractivity contribution is -0.111. The lowest BCUT2D eigenvalue weighted by Crippen LogP contribution is -2.15. The Bertz CT molecular complexity index is 745. The van der Waals surface area contributed by atoms with Crippen LogP contribution in [0.5, 0.6) is 0 Å². The van der Waals surface area contributed by atoms with Gasteiger partial charge in [0.2, 0.25) is 0 Å². The molecule has 0 radical (unpaired) electrons. The van der Waals surface area contributed by atoms with Gasteiger partial charge in [0, 0.05) is 30.1 Å². The summed E-state index contributed by atoms with van der Waals surface area (Å²) in [7, 11) is 2.05. The molecule has 0 N–H and O–H groups in total. The van der Waals surface area contributed by atoms with Gasteiger partial charge in [0.1, 0.15) is 0 Å². The van der Waals surface area contributed by atoms with Crippen LogP contribution in [0.2, 0.25) is 0 Å². The molecule has 0 fully saturated rings. The number of anilines is 1. The molecule has 1 aromatic rings. The smallest absolute Gasteiger partial charge is 0.185 e. The summed E-state index contributed by atoms with van der Waals surface area (Å²) in [6.07, 6.45) is 13.1. The normalized spacial score (nSPS) is 21.0. The summed E-state index contributed by atoms with van der Waals surface area (Å²) in [5, 5.41) is 0. The highest BCUT2D eigenvalue weighted by Crippen LogP contribution is 2.36. The second kappa shape index (κ2) is 5.41. The van der Waals surface area contributed by atoms with Gasteiger partial charge in [0.25, 0.3) is 0 Å². The molecule has 0 amide bonds. The zero-order valence-electron chi connectivity index (χ0n) is 12.2. The number of ketones is 1. The minimum atomic E-state index is 0.0530. The van der Waals surface area contributed by atoms with E-state index < -0.39 is 0 Å². The number of fused-ring (bicyclic) bond motifs is 1. The van der Waals surface area contributed by atoms with Crippen molar-refractivity contribution in [1.82, 2.24) is 0 Å². The van der Waals surface area contributed by atoms with Crippen LogP contribution >= 0.6 is 0 Å². The Kier molecular flexibility index (Phi) is 3.44. The Morgan fingerprint density at radius 2 is 1.81 bits per heavy atom. The summed E-state index contributed by atoms with van der Waals surface area (Å²) in [6, 6.07) is 8.30. The number of hydrogen-bond acceptors (Lipinski definition) is 2. The summed E-state index contributed by atoms with van der Waals surface area (Å²) >= 11 is 0. The van der Waals surface area contributed by atoms with Crippen molar-refractivity contribution in [3.63, 3.8) is 0 Å². The van der Waals surface area contributed by atoms with Crippen molar-refractivity contribution in [2.45, 2.75) is 6.92 Å². The Labute approximate surface area is 125 Å². The van der Waals surface area contributed by atoms with Gasteiger partial charge in [-0.25, -0.2) is 0 Å².